The molecule has 3 aromatic carbocycles. The molecule has 0 spiro atoms. The third-order valence-corrected chi connectivity index (χ3v) is 8.98. The fraction of sp³-hybridized carbons (Fsp3) is 0.355. The Hall–Kier alpha value is -3.07. The molecule has 0 bridgehead atoms. The minimum absolute atomic E-state index is 0.00528. The van der Waals surface area contributed by atoms with E-state index in [1.807, 2.05) is 40.7 Å². The molecule has 2 amide bonds. The number of nitrogens with one attached hydrogen (secondary N) is 1. The van der Waals surface area contributed by atoms with Crippen LogP contribution in [0, 0.1) is 19.8 Å². The van der Waals surface area contributed by atoms with Gasteiger partial charge in [0.15, 0.2) is 0 Å². The maximum absolute atomic E-state index is 14.1. The lowest BCUT2D eigenvalue weighted by molar-refractivity contribution is -0.140. The van der Waals surface area contributed by atoms with Crippen LogP contribution in [0.1, 0.15) is 43.9 Å². The van der Waals surface area contributed by atoms with E-state index in [1.165, 1.54) is 17.0 Å². The summed E-state index contributed by atoms with van der Waals surface area (Å²) in [5.74, 6) is -0.648. The molecule has 0 radical (unpaired) electrons. The van der Waals surface area contributed by atoms with Crippen LogP contribution in [0.4, 0.5) is 5.69 Å². The van der Waals surface area contributed by atoms with Crippen LogP contribution in [0.5, 0.6) is 0 Å². The maximum Gasteiger partial charge on any atom is 0.264 e. The number of aryl methyl sites for hydroxylation is 2. The highest BCUT2D eigenvalue weighted by molar-refractivity contribution is 7.92. The average molecular weight is 619 g/mol. The number of anilines is 1. The van der Waals surface area contributed by atoms with Crippen molar-refractivity contribution in [3.05, 3.63) is 93.5 Å². The molecule has 1 unspecified atom stereocenters. The first kappa shape index (κ1) is 32.4. The van der Waals surface area contributed by atoms with Gasteiger partial charge in [0.05, 0.1) is 10.6 Å². The topological polar surface area (TPSA) is 86.8 Å². The lowest BCUT2D eigenvalue weighted by atomic mass is 10.1. The molecule has 0 fully saturated rings. The Kier molecular flexibility index (Phi) is 11.2. The van der Waals surface area contributed by atoms with Crippen LogP contribution in [0.2, 0.25) is 10.0 Å². The van der Waals surface area contributed by atoms with Crippen molar-refractivity contribution in [2.45, 2.75) is 58.5 Å². The van der Waals surface area contributed by atoms with Crippen LogP contribution < -0.4 is 9.62 Å². The summed E-state index contributed by atoms with van der Waals surface area (Å²) >= 11 is 12.6. The van der Waals surface area contributed by atoms with Gasteiger partial charge in [0.25, 0.3) is 10.0 Å². The molecule has 0 aliphatic carbocycles. The fourth-order valence-electron chi connectivity index (χ4n) is 4.32. The Morgan fingerprint density at radius 1 is 0.927 bits per heavy atom. The maximum atomic E-state index is 14.1. The van der Waals surface area contributed by atoms with Gasteiger partial charge in [-0.3, -0.25) is 13.9 Å². The number of sulfonamides is 1. The summed E-state index contributed by atoms with van der Waals surface area (Å²) in [4.78, 5) is 28.9. The number of amides is 2. The monoisotopic (exact) mass is 617 g/mol. The molecule has 10 heteroatoms. The van der Waals surface area contributed by atoms with Crippen molar-refractivity contribution in [3.63, 3.8) is 0 Å². The van der Waals surface area contributed by atoms with Crippen molar-refractivity contribution < 1.29 is 18.0 Å². The number of hydrogen-bond acceptors (Lipinski definition) is 4. The molecule has 220 valence electrons. The third-order valence-electron chi connectivity index (χ3n) is 6.60. The zero-order chi connectivity index (χ0) is 30.3. The van der Waals surface area contributed by atoms with Crippen molar-refractivity contribution in [1.82, 2.24) is 10.2 Å². The van der Waals surface area contributed by atoms with Gasteiger partial charge in [0.2, 0.25) is 11.8 Å². The molecule has 0 aromatic heterocycles. The SMILES string of the molecule is CCC(C(=O)NCC(C)C)N(Cc1ccc(Cl)cc1Cl)C(=O)CN(c1cccc(C)c1)S(=O)(=O)c1ccc(C)cc1. The van der Waals surface area contributed by atoms with Crippen LogP contribution in [0.3, 0.4) is 0 Å². The quantitative estimate of drug-likeness (QED) is 0.255. The zero-order valence-corrected chi connectivity index (χ0v) is 26.4. The highest BCUT2D eigenvalue weighted by Crippen LogP contribution is 2.27. The van der Waals surface area contributed by atoms with Crippen molar-refractivity contribution in [2.24, 2.45) is 5.92 Å². The summed E-state index contributed by atoms with van der Waals surface area (Å²) in [6, 6.07) is 17.5. The summed E-state index contributed by atoms with van der Waals surface area (Å²) in [7, 11) is -4.14. The summed E-state index contributed by atoms with van der Waals surface area (Å²) < 4.78 is 29.0. The van der Waals surface area contributed by atoms with E-state index in [9.17, 15) is 18.0 Å². The fourth-order valence-corrected chi connectivity index (χ4v) is 6.20. The first-order valence-corrected chi connectivity index (χ1v) is 15.7. The predicted molar refractivity (Wildman–Crippen MR) is 166 cm³/mol. The number of nitrogens with zero attached hydrogens (tertiary/aromatic N) is 2. The van der Waals surface area contributed by atoms with Gasteiger partial charge >= 0.3 is 0 Å². The average Bonchev–Trinajstić information content (AvgIpc) is 2.91. The second-order valence-electron chi connectivity index (χ2n) is 10.5. The van der Waals surface area contributed by atoms with E-state index in [1.54, 1.807) is 48.5 Å². The standard InChI is InChI=1S/C31H37Cl2N3O4S/c1-6-29(31(38)34-18-21(2)3)35(19-24-12-13-25(32)17-28(24)33)30(37)20-36(26-9-7-8-23(5)16-26)41(39,40)27-14-10-22(4)11-15-27/h7-17,21,29H,6,18-20H2,1-5H3,(H,34,38). The van der Waals surface area contributed by atoms with Crippen molar-refractivity contribution in [1.29, 1.82) is 0 Å². The molecule has 3 aromatic rings. The lowest BCUT2D eigenvalue weighted by Gasteiger charge is -2.33. The van der Waals surface area contributed by atoms with Gasteiger partial charge in [-0.15, -0.1) is 0 Å². The van der Waals surface area contributed by atoms with E-state index in [0.717, 1.165) is 15.4 Å². The van der Waals surface area contributed by atoms with Crippen molar-refractivity contribution >= 4 is 50.7 Å². The van der Waals surface area contributed by atoms with Crippen LogP contribution in [-0.2, 0) is 26.2 Å². The summed E-state index contributed by atoms with van der Waals surface area (Å²) in [6.45, 7) is 9.41. The Morgan fingerprint density at radius 3 is 2.20 bits per heavy atom. The molecule has 1 N–H and O–H groups in total. The highest BCUT2D eigenvalue weighted by Gasteiger charge is 2.34. The molecule has 0 saturated heterocycles. The smallest absolute Gasteiger partial charge is 0.264 e. The molecule has 0 aliphatic heterocycles. The highest BCUT2D eigenvalue weighted by atomic mass is 35.5. The second-order valence-corrected chi connectivity index (χ2v) is 13.2. The molecular formula is C31H37Cl2N3O4S. The number of rotatable bonds is 12. The van der Waals surface area contributed by atoms with Crippen molar-refractivity contribution in [2.75, 3.05) is 17.4 Å². The molecule has 0 heterocycles. The minimum Gasteiger partial charge on any atom is -0.354 e. The predicted octanol–water partition coefficient (Wildman–Crippen LogP) is 6.39. The Labute approximate surface area is 253 Å². The van der Waals surface area contributed by atoms with E-state index >= 15 is 0 Å². The summed E-state index contributed by atoms with van der Waals surface area (Å²) in [5, 5.41) is 3.69. The van der Waals surface area contributed by atoms with Crippen LogP contribution in [0.15, 0.2) is 71.6 Å². The van der Waals surface area contributed by atoms with Gasteiger partial charge in [0, 0.05) is 23.1 Å². The first-order valence-electron chi connectivity index (χ1n) is 13.5. The Balaban J connectivity index is 2.07. The molecule has 41 heavy (non-hydrogen) atoms. The minimum atomic E-state index is -4.14. The van der Waals surface area contributed by atoms with E-state index in [-0.39, 0.29) is 23.3 Å². The van der Waals surface area contributed by atoms with E-state index in [0.29, 0.717) is 34.3 Å². The molecule has 0 saturated carbocycles. The number of benzene rings is 3. The lowest BCUT2D eigenvalue weighted by Crippen LogP contribution is -2.52. The molecular weight excluding hydrogens is 581 g/mol. The van der Waals surface area contributed by atoms with Crippen LogP contribution >= 0.6 is 23.2 Å². The second kappa shape index (κ2) is 14.2. The van der Waals surface area contributed by atoms with Crippen molar-refractivity contribution in [3.8, 4) is 0 Å². The van der Waals surface area contributed by atoms with Gasteiger partial charge in [-0.2, -0.15) is 0 Å². The normalized spacial score (nSPS) is 12.2. The van der Waals surface area contributed by atoms with E-state index in [4.69, 9.17) is 23.2 Å². The van der Waals surface area contributed by atoms with Gasteiger partial charge in [-0.25, -0.2) is 8.42 Å². The van der Waals surface area contributed by atoms with Crippen LogP contribution in [-0.4, -0.2) is 44.3 Å². The van der Waals surface area contributed by atoms with E-state index < -0.39 is 28.5 Å². The molecule has 1 atom stereocenters. The zero-order valence-electron chi connectivity index (χ0n) is 24.0. The number of carbonyl (C=O) groups is 2. The van der Waals surface area contributed by atoms with Crippen LogP contribution in [0.25, 0.3) is 0 Å². The molecule has 0 aliphatic rings. The number of halogens is 2. The number of carbonyl (C=O) groups excluding carboxylic acids is 2. The van der Waals surface area contributed by atoms with Gasteiger partial charge in [-0.1, -0.05) is 79.9 Å². The van der Waals surface area contributed by atoms with Gasteiger partial charge in [0.1, 0.15) is 12.6 Å². The summed E-state index contributed by atoms with van der Waals surface area (Å²) in [6.07, 6.45) is 0.316. The van der Waals surface area contributed by atoms with E-state index in [2.05, 4.69) is 5.32 Å². The van der Waals surface area contributed by atoms with Gasteiger partial charge in [-0.05, 0) is 73.7 Å². The Bertz CT molecular complexity index is 1480. The molecule has 7 nitrogen and oxygen atoms in total. The number of hydrogen-bond donors (Lipinski definition) is 1. The first-order chi connectivity index (χ1) is 19.3. The Morgan fingerprint density at radius 2 is 1.61 bits per heavy atom. The largest absolute Gasteiger partial charge is 0.354 e. The van der Waals surface area contributed by atoms with Gasteiger partial charge < -0.3 is 10.2 Å². The summed E-state index contributed by atoms with van der Waals surface area (Å²) in [5.41, 5.74) is 2.68. The molecule has 3 rings (SSSR count). The third kappa shape index (κ3) is 8.47.